The third kappa shape index (κ3) is 4.15. The lowest BCUT2D eigenvalue weighted by Crippen LogP contribution is -2.44. The van der Waals surface area contributed by atoms with Gasteiger partial charge in [0, 0.05) is 28.2 Å². The van der Waals surface area contributed by atoms with E-state index in [0.717, 1.165) is 6.07 Å². The lowest BCUT2D eigenvalue weighted by molar-refractivity contribution is -0.140. The van der Waals surface area contributed by atoms with Crippen molar-refractivity contribution in [1.82, 2.24) is 4.98 Å². The second kappa shape index (κ2) is 8.77. The number of halogens is 4. The summed E-state index contributed by atoms with van der Waals surface area (Å²) in [5.41, 5.74) is 5.40. The summed E-state index contributed by atoms with van der Waals surface area (Å²) in [6.07, 6.45) is -2.64. The highest BCUT2D eigenvalue weighted by atomic mass is 35.5. The number of para-hydroxylation sites is 1. The van der Waals surface area contributed by atoms with Crippen LogP contribution in [0.25, 0.3) is 10.9 Å². The standard InChI is InChI=1S/C25H20ClF3N4O3/c26-12-4-9-18-17(10-12)19(11-20(32-18)25(27,28)29)31-13-5-7-14(8-6-13)33-21-15(22(34)24(33)36)2-1-3-16(21)23(30)35/h1-4,9-11,13-14H,5-8H2,(H2,30,35)(H,31,32). The van der Waals surface area contributed by atoms with E-state index in [1.54, 1.807) is 6.07 Å². The van der Waals surface area contributed by atoms with Crippen LogP contribution < -0.4 is 16.0 Å². The van der Waals surface area contributed by atoms with Crippen molar-refractivity contribution in [2.24, 2.45) is 5.73 Å². The van der Waals surface area contributed by atoms with E-state index in [1.165, 1.54) is 35.2 Å². The number of hydrogen-bond donors (Lipinski definition) is 2. The van der Waals surface area contributed by atoms with E-state index >= 15 is 0 Å². The van der Waals surface area contributed by atoms with E-state index in [-0.39, 0.29) is 40.1 Å². The number of benzene rings is 2. The van der Waals surface area contributed by atoms with Gasteiger partial charge in [-0.15, -0.1) is 0 Å². The molecule has 0 atom stereocenters. The minimum absolute atomic E-state index is 0.103. The number of anilines is 2. The van der Waals surface area contributed by atoms with Crippen LogP contribution in [0.4, 0.5) is 24.5 Å². The highest BCUT2D eigenvalue weighted by molar-refractivity contribution is 6.53. The molecular formula is C25H20ClF3N4O3. The summed E-state index contributed by atoms with van der Waals surface area (Å²) in [5.74, 6) is -2.13. The van der Waals surface area contributed by atoms with Crippen molar-refractivity contribution in [3.8, 4) is 0 Å². The van der Waals surface area contributed by atoms with Crippen molar-refractivity contribution in [3.05, 3.63) is 64.3 Å². The second-order valence-corrected chi connectivity index (χ2v) is 9.37. The zero-order chi connectivity index (χ0) is 25.8. The van der Waals surface area contributed by atoms with Gasteiger partial charge in [-0.3, -0.25) is 14.4 Å². The predicted molar refractivity (Wildman–Crippen MR) is 128 cm³/mol. The molecule has 7 nitrogen and oxygen atoms in total. The first-order valence-electron chi connectivity index (χ1n) is 11.3. The molecule has 3 N–H and O–H groups in total. The lowest BCUT2D eigenvalue weighted by Gasteiger charge is -2.35. The Bertz CT molecular complexity index is 1420. The molecule has 36 heavy (non-hydrogen) atoms. The number of aromatic nitrogens is 1. The first-order valence-corrected chi connectivity index (χ1v) is 11.7. The van der Waals surface area contributed by atoms with Gasteiger partial charge in [0.05, 0.1) is 22.3 Å². The molecule has 2 aliphatic rings. The van der Waals surface area contributed by atoms with Crippen molar-refractivity contribution < 1.29 is 27.6 Å². The van der Waals surface area contributed by atoms with E-state index < -0.39 is 29.5 Å². The van der Waals surface area contributed by atoms with E-state index in [2.05, 4.69) is 10.3 Å². The maximum Gasteiger partial charge on any atom is 0.433 e. The molecule has 0 spiro atoms. The van der Waals surface area contributed by atoms with Crippen LogP contribution >= 0.6 is 11.6 Å². The Morgan fingerprint density at radius 3 is 2.47 bits per heavy atom. The van der Waals surface area contributed by atoms with Crippen molar-refractivity contribution in [3.63, 3.8) is 0 Å². The third-order valence-corrected chi connectivity index (χ3v) is 6.92. The highest BCUT2D eigenvalue weighted by Crippen LogP contribution is 2.39. The smallest absolute Gasteiger partial charge is 0.382 e. The molecule has 1 fully saturated rings. The van der Waals surface area contributed by atoms with Crippen LogP contribution in [0.2, 0.25) is 5.02 Å². The average Bonchev–Trinajstić information content (AvgIpc) is 3.09. The summed E-state index contributed by atoms with van der Waals surface area (Å²) in [6.45, 7) is 0. The number of fused-ring (bicyclic) bond motifs is 2. The number of nitrogens with zero attached hydrogens (tertiary/aromatic N) is 2. The number of amides is 2. The number of Topliss-reactive ketones (excluding diaryl/α,β-unsaturated/α-hetero) is 1. The van der Waals surface area contributed by atoms with Crippen LogP contribution in [-0.4, -0.2) is 34.7 Å². The summed E-state index contributed by atoms with van der Waals surface area (Å²) in [4.78, 5) is 42.4. The minimum Gasteiger partial charge on any atom is -0.382 e. The summed E-state index contributed by atoms with van der Waals surface area (Å²) in [6, 6.07) is 9.41. The van der Waals surface area contributed by atoms with E-state index in [4.69, 9.17) is 17.3 Å². The molecule has 0 radical (unpaired) electrons. The number of hydrogen-bond acceptors (Lipinski definition) is 5. The highest BCUT2D eigenvalue weighted by Gasteiger charge is 2.43. The molecule has 0 unspecified atom stereocenters. The van der Waals surface area contributed by atoms with Gasteiger partial charge in [-0.2, -0.15) is 13.2 Å². The first-order chi connectivity index (χ1) is 17.0. The molecule has 186 valence electrons. The fraction of sp³-hybridized carbons (Fsp3) is 0.280. The Balaban J connectivity index is 1.39. The number of nitrogens with one attached hydrogen (secondary N) is 1. The van der Waals surface area contributed by atoms with Gasteiger partial charge in [0.25, 0.3) is 17.6 Å². The molecule has 3 aromatic rings. The van der Waals surface area contributed by atoms with E-state index in [1.807, 2.05) is 0 Å². The van der Waals surface area contributed by atoms with Crippen molar-refractivity contribution in [2.45, 2.75) is 43.9 Å². The topological polar surface area (TPSA) is 105 Å². The molecule has 2 aromatic carbocycles. The number of rotatable bonds is 4. The number of primary amides is 1. The molecule has 0 saturated heterocycles. The minimum atomic E-state index is -4.61. The molecule has 2 amide bonds. The quantitative estimate of drug-likeness (QED) is 0.477. The van der Waals surface area contributed by atoms with Crippen LogP contribution in [0.3, 0.4) is 0 Å². The molecule has 1 aliphatic heterocycles. The summed E-state index contributed by atoms with van der Waals surface area (Å²) in [7, 11) is 0. The SMILES string of the molecule is NC(=O)c1cccc2c1N(C1CCC(Nc3cc(C(F)(F)F)nc4ccc(Cl)cc34)CC1)C(=O)C2=O. The molecule has 1 aromatic heterocycles. The monoisotopic (exact) mass is 516 g/mol. The first kappa shape index (κ1) is 24.1. The predicted octanol–water partition coefficient (Wildman–Crippen LogP) is 4.96. The normalized spacial score (nSPS) is 20.1. The zero-order valence-electron chi connectivity index (χ0n) is 18.7. The molecule has 1 aliphatic carbocycles. The summed E-state index contributed by atoms with van der Waals surface area (Å²) < 4.78 is 40.3. The number of alkyl halides is 3. The number of ketones is 1. The molecule has 2 heterocycles. The largest absolute Gasteiger partial charge is 0.433 e. The third-order valence-electron chi connectivity index (χ3n) is 6.68. The fourth-order valence-corrected chi connectivity index (χ4v) is 5.19. The van der Waals surface area contributed by atoms with Gasteiger partial charge in [0.15, 0.2) is 0 Å². The number of nitrogens with two attached hydrogens (primary N) is 1. The van der Waals surface area contributed by atoms with Crippen molar-refractivity contribution in [2.75, 3.05) is 10.2 Å². The van der Waals surface area contributed by atoms with Crippen molar-refractivity contribution in [1.29, 1.82) is 0 Å². The zero-order valence-corrected chi connectivity index (χ0v) is 19.5. The van der Waals surface area contributed by atoms with E-state index in [0.29, 0.717) is 36.1 Å². The van der Waals surface area contributed by atoms with Crippen LogP contribution in [0.5, 0.6) is 0 Å². The maximum atomic E-state index is 13.4. The number of carbonyl (C=O) groups excluding carboxylic acids is 3. The Hall–Kier alpha value is -3.66. The Morgan fingerprint density at radius 1 is 1.08 bits per heavy atom. The van der Waals surface area contributed by atoms with Crippen LogP contribution in [0.15, 0.2) is 42.5 Å². The molecule has 0 bridgehead atoms. The Labute approximate surface area is 208 Å². The summed E-state index contributed by atoms with van der Waals surface area (Å²) in [5, 5.41) is 4.04. The molecule has 1 saturated carbocycles. The average molecular weight is 517 g/mol. The van der Waals surface area contributed by atoms with Crippen LogP contribution in [0.1, 0.15) is 52.1 Å². The number of carbonyl (C=O) groups is 3. The van der Waals surface area contributed by atoms with Gasteiger partial charge >= 0.3 is 6.18 Å². The van der Waals surface area contributed by atoms with Gasteiger partial charge < -0.3 is 16.0 Å². The number of pyridine rings is 1. The molecule has 11 heteroatoms. The van der Waals surface area contributed by atoms with Gasteiger partial charge in [-0.1, -0.05) is 17.7 Å². The van der Waals surface area contributed by atoms with Crippen molar-refractivity contribution >= 4 is 51.5 Å². The molecular weight excluding hydrogens is 497 g/mol. The van der Waals surface area contributed by atoms with Gasteiger partial charge in [0.2, 0.25) is 0 Å². The Kier molecular flexibility index (Phi) is 5.86. The lowest BCUT2D eigenvalue weighted by atomic mass is 9.89. The Morgan fingerprint density at radius 2 is 1.81 bits per heavy atom. The second-order valence-electron chi connectivity index (χ2n) is 8.93. The fourth-order valence-electron chi connectivity index (χ4n) is 5.02. The summed E-state index contributed by atoms with van der Waals surface area (Å²) >= 11 is 6.08. The maximum absolute atomic E-state index is 13.4. The van der Waals surface area contributed by atoms with Gasteiger partial charge in [-0.25, -0.2) is 4.98 Å². The van der Waals surface area contributed by atoms with Gasteiger partial charge in [0.1, 0.15) is 5.69 Å². The van der Waals surface area contributed by atoms with E-state index in [9.17, 15) is 27.6 Å². The van der Waals surface area contributed by atoms with Gasteiger partial charge in [-0.05, 0) is 62.1 Å². The molecule has 5 rings (SSSR count). The van der Waals surface area contributed by atoms with Crippen LogP contribution in [-0.2, 0) is 11.0 Å². The van der Waals surface area contributed by atoms with Crippen LogP contribution in [0, 0.1) is 0 Å².